The summed E-state index contributed by atoms with van der Waals surface area (Å²) in [5.74, 6) is 0.704. The lowest BCUT2D eigenvalue weighted by Crippen LogP contribution is -2.51. The van der Waals surface area contributed by atoms with Gasteiger partial charge in [-0.3, -0.25) is 0 Å². The van der Waals surface area contributed by atoms with Gasteiger partial charge in [0.1, 0.15) is 5.75 Å². The van der Waals surface area contributed by atoms with Crippen LogP contribution in [0.1, 0.15) is 12.5 Å². The van der Waals surface area contributed by atoms with Crippen LogP contribution in [0.5, 0.6) is 5.75 Å². The Hall–Kier alpha value is -1.11. The van der Waals surface area contributed by atoms with E-state index in [1.165, 1.54) is 0 Å². The lowest BCUT2D eigenvalue weighted by Gasteiger charge is -2.36. The summed E-state index contributed by atoms with van der Waals surface area (Å²) in [5.41, 5.74) is 0.829. The van der Waals surface area contributed by atoms with Gasteiger partial charge >= 0.3 is 0 Å². The lowest BCUT2D eigenvalue weighted by atomic mass is 10.2. The molecule has 112 valence electrons. The average molecular weight is 298 g/mol. The molecule has 0 N–H and O–H groups in total. The van der Waals surface area contributed by atoms with Crippen LogP contribution >= 0.6 is 0 Å². The monoisotopic (exact) mass is 298 g/mol. The third-order valence-electron chi connectivity index (χ3n) is 3.93. The summed E-state index contributed by atoms with van der Waals surface area (Å²) in [7, 11) is 0.187. The van der Waals surface area contributed by atoms with E-state index < -0.39 is 10.0 Å². The minimum atomic E-state index is -3.41. The van der Waals surface area contributed by atoms with Crippen molar-refractivity contribution in [1.82, 2.24) is 9.21 Å². The summed E-state index contributed by atoms with van der Waals surface area (Å²) < 4.78 is 32.1. The van der Waals surface area contributed by atoms with Gasteiger partial charge in [-0.2, -0.15) is 4.31 Å². The van der Waals surface area contributed by atoms with Gasteiger partial charge in [0.05, 0.1) is 12.0 Å². The molecule has 1 atom stereocenters. The molecule has 6 heteroatoms. The molecular weight excluding hydrogens is 276 g/mol. The molecule has 1 saturated heterocycles. The third-order valence-corrected chi connectivity index (χ3v) is 5.79. The van der Waals surface area contributed by atoms with Crippen molar-refractivity contribution >= 4 is 10.0 Å². The van der Waals surface area contributed by atoms with E-state index in [0.29, 0.717) is 23.7 Å². The number of likely N-dealkylation sites (N-methyl/N-ethyl adjacent to an activating group) is 1. The first-order chi connectivity index (χ1) is 9.36. The van der Waals surface area contributed by atoms with Crippen molar-refractivity contribution in [2.45, 2.75) is 24.8 Å². The highest BCUT2D eigenvalue weighted by molar-refractivity contribution is 7.89. The SMILES string of the molecule is COc1ccc(S(=O)(=O)N2CCN(C)C(C)C2)cc1C. The first kappa shape index (κ1) is 15.3. The van der Waals surface area contributed by atoms with Crippen molar-refractivity contribution in [2.24, 2.45) is 0 Å². The van der Waals surface area contributed by atoms with E-state index >= 15 is 0 Å². The molecule has 0 aromatic heterocycles. The number of hydrogen-bond acceptors (Lipinski definition) is 4. The molecule has 0 radical (unpaired) electrons. The zero-order valence-corrected chi connectivity index (χ0v) is 13.3. The summed E-state index contributed by atoms with van der Waals surface area (Å²) in [6.07, 6.45) is 0. The molecule has 1 aromatic rings. The van der Waals surface area contributed by atoms with Crippen molar-refractivity contribution < 1.29 is 13.2 Å². The van der Waals surface area contributed by atoms with E-state index in [2.05, 4.69) is 4.90 Å². The van der Waals surface area contributed by atoms with E-state index in [1.807, 2.05) is 20.9 Å². The molecule has 1 aromatic carbocycles. The predicted octanol–water partition coefficient (Wildman–Crippen LogP) is 1.33. The Bertz CT molecular complexity index is 586. The van der Waals surface area contributed by atoms with E-state index in [9.17, 15) is 8.42 Å². The Labute approximate surface area is 121 Å². The predicted molar refractivity (Wildman–Crippen MR) is 78.6 cm³/mol. The summed E-state index contributed by atoms with van der Waals surface area (Å²) in [4.78, 5) is 2.51. The van der Waals surface area contributed by atoms with Gasteiger partial charge in [0.15, 0.2) is 0 Å². The number of sulfonamides is 1. The standard InChI is InChI=1S/C14H22N2O3S/c1-11-9-13(5-6-14(11)19-4)20(17,18)16-8-7-15(3)12(2)10-16/h5-6,9,12H,7-8,10H2,1-4H3. The molecule has 0 saturated carbocycles. The molecule has 20 heavy (non-hydrogen) atoms. The molecule has 1 unspecified atom stereocenters. The van der Waals surface area contributed by atoms with Gasteiger partial charge in [-0.15, -0.1) is 0 Å². The fourth-order valence-electron chi connectivity index (χ4n) is 2.39. The van der Waals surface area contributed by atoms with Crippen molar-refractivity contribution in [1.29, 1.82) is 0 Å². The van der Waals surface area contributed by atoms with Gasteiger partial charge in [0.2, 0.25) is 10.0 Å². The number of aryl methyl sites for hydroxylation is 1. The van der Waals surface area contributed by atoms with Crippen LogP contribution in [0.2, 0.25) is 0 Å². The fraction of sp³-hybridized carbons (Fsp3) is 0.571. The van der Waals surface area contributed by atoms with E-state index in [1.54, 1.807) is 29.6 Å². The van der Waals surface area contributed by atoms with Crippen molar-refractivity contribution in [2.75, 3.05) is 33.8 Å². The van der Waals surface area contributed by atoms with Crippen molar-refractivity contribution in [3.63, 3.8) is 0 Å². The zero-order valence-electron chi connectivity index (χ0n) is 12.5. The maximum absolute atomic E-state index is 12.7. The van der Waals surface area contributed by atoms with Crippen molar-refractivity contribution in [3.8, 4) is 5.75 Å². The molecule has 1 heterocycles. The molecule has 1 fully saturated rings. The van der Waals surface area contributed by atoms with Gasteiger partial charge in [0, 0.05) is 25.7 Å². The van der Waals surface area contributed by atoms with Crippen LogP contribution in [-0.2, 0) is 10.0 Å². The van der Waals surface area contributed by atoms with Crippen LogP contribution in [0.15, 0.2) is 23.1 Å². The Kier molecular flexibility index (Phi) is 4.36. The van der Waals surface area contributed by atoms with Gasteiger partial charge in [-0.1, -0.05) is 0 Å². The highest BCUT2D eigenvalue weighted by Gasteiger charge is 2.30. The Morgan fingerprint density at radius 1 is 1.30 bits per heavy atom. The average Bonchev–Trinajstić information content (AvgIpc) is 2.41. The number of hydrogen-bond donors (Lipinski definition) is 0. The molecule has 2 rings (SSSR count). The van der Waals surface area contributed by atoms with Crippen molar-refractivity contribution in [3.05, 3.63) is 23.8 Å². The molecule has 0 aliphatic carbocycles. The number of rotatable bonds is 3. The van der Waals surface area contributed by atoms with Crippen LogP contribution in [-0.4, -0.2) is 57.5 Å². The second-order valence-corrected chi connectivity index (χ2v) is 7.26. The van der Waals surface area contributed by atoms with Gasteiger partial charge in [-0.25, -0.2) is 8.42 Å². The van der Waals surface area contributed by atoms with Crippen LogP contribution in [0.3, 0.4) is 0 Å². The fourth-order valence-corrected chi connectivity index (χ4v) is 3.99. The Balaban J connectivity index is 2.29. The maximum atomic E-state index is 12.7. The lowest BCUT2D eigenvalue weighted by molar-refractivity contribution is 0.159. The van der Waals surface area contributed by atoms with Crippen LogP contribution in [0.25, 0.3) is 0 Å². The van der Waals surface area contributed by atoms with Crippen LogP contribution < -0.4 is 4.74 Å². The molecule has 1 aliphatic rings. The molecule has 1 aliphatic heterocycles. The second kappa shape index (κ2) is 5.71. The van der Waals surface area contributed by atoms with E-state index in [-0.39, 0.29) is 6.04 Å². The molecule has 0 spiro atoms. The number of benzene rings is 1. The minimum absolute atomic E-state index is 0.234. The minimum Gasteiger partial charge on any atom is -0.496 e. The third kappa shape index (κ3) is 2.82. The molecule has 0 bridgehead atoms. The summed E-state index contributed by atoms with van der Waals surface area (Å²) in [5, 5.41) is 0. The Morgan fingerprint density at radius 2 is 2.00 bits per heavy atom. The number of methoxy groups -OCH3 is 1. The maximum Gasteiger partial charge on any atom is 0.243 e. The first-order valence-electron chi connectivity index (χ1n) is 6.71. The van der Waals surface area contributed by atoms with Gasteiger partial charge in [0.25, 0.3) is 0 Å². The molecule has 5 nitrogen and oxygen atoms in total. The van der Waals surface area contributed by atoms with Crippen LogP contribution in [0.4, 0.5) is 0 Å². The number of nitrogens with zero attached hydrogens (tertiary/aromatic N) is 2. The Morgan fingerprint density at radius 3 is 2.55 bits per heavy atom. The quantitative estimate of drug-likeness (QED) is 0.845. The number of piperazine rings is 1. The zero-order chi connectivity index (χ0) is 14.9. The second-order valence-electron chi connectivity index (χ2n) is 5.32. The molecular formula is C14H22N2O3S. The highest BCUT2D eigenvalue weighted by atomic mass is 32.2. The summed E-state index contributed by atoms with van der Waals surface area (Å²) >= 11 is 0. The largest absolute Gasteiger partial charge is 0.496 e. The first-order valence-corrected chi connectivity index (χ1v) is 8.15. The summed E-state index contributed by atoms with van der Waals surface area (Å²) in [6, 6.07) is 5.24. The highest BCUT2D eigenvalue weighted by Crippen LogP contribution is 2.25. The normalized spacial score (nSPS) is 21.9. The van der Waals surface area contributed by atoms with Gasteiger partial charge < -0.3 is 9.64 Å². The van der Waals surface area contributed by atoms with Crippen LogP contribution in [0, 0.1) is 6.92 Å². The van der Waals surface area contributed by atoms with Gasteiger partial charge in [-0.05, 0) is 44.7 Å². The summed E-state index contributed by atoms with van der Waals surface area (Å²) in [6.45, 7) is 5.72. The van der Waals surface area contributed by atoms with E-state index in [0.717, 1.165) is 12.1 Å². The smallest absolute Gasteiger partial charge is 0.243 e. The molecule has 0 amide bonds. The number of ether oxygens (including phenoxy) is 1. The van der Waals surface area contributed by atoms with E-state index in [4.69, 9.17) is 4.74 Å². The topological polar surface area (TPSA) is 49.9 Å².